The maximum Gasteiger partial charge on any atom is 0.315 e. The number of esters is 1. The van der Waals surface area contributed by atoms with Crippen molar-refractivity contribution in [1.82, 2.24) is 0 Å². The molecule has 0 saturated heterocycles. The lowest BCUT2D eigenvalue weighted by molar-refractivity contribution is -0.146. The fourth-order valence-electron chi connectivity index (χ4n) is 4.22. The summed E-state index contributed by atoms with van der Waals surface area (Å²) >= 11 is 3.36. The van der Waals surface area contributed by atoms with Crippen LogP contribution in [0.4, 0.5) is 0 Å². The number of benzene rings is 1. The second-order valence-corrected chi connectivity index (χ2v) is 8.63. The number of nitrogens with zero attached hydrogens (tertiary/aromatic N) is 1. The van der Waals surface area contributed by atoms with E-state index in [2.05, 4.69) is 27.8 Å². The molecule has 0 spiro atoms. The van der Waals surface area contributed by atoms with Crippen LogP contribution in [-0.4, -0.2) is 36.3 Å². The van der Waals surface area contributed by atoms with Gasteiger partial charge in [0.1, 0.15) is 5.92 Å². The first kappa shape index (κ1) is 22.5. The molecule has 1 unspecified atom stereocenters. The predicted octanol–water partition coefficient (Wildman–Crippen LogP) is 5.08. The zero-order valence-electron chi connectivity index (χ0n) is 17.7. The summed E-state index contributed by atoms with van der Waals surface area (Å²) < 4.78 is 11.3. The fraction of sp³-hybridized carbons (Fsp3) is 0.522. The number of ether oxygens (including phenoxy) is 2. The summed E-state index contributed by atoms with van der Waals surface area (Å²) in [6.45, 7) is 4.26. The van der Waals surface area contributed by atoms with Crippen LogP contribution >= 0.6 is 15.9 Å². The average molecular weight is 478 g/mol. The van der Waals surface area contributed by atoms with E-state index in [-0.39, 0.29) is 23.3 Å². The van der Waals surface area contributed by atoms with E-state index in [1.54, 1.807) is 12.1 Å². The highest BCUT2D eigenvalue weighted by atomic mass is 79.9. The number of methoxy groups -OCH3 is 1. The number of phenolic OH excluding ortho intramolecular Hbond substituents is 1. The Hall–Kier alpha value is -2.15. The Morgan fingerprint density at radius 1 is 1.30 bits per heavy atom. The molecule has 1 aromatic rings. The molecule has 1 aliphatic carbocycles. The minimum Gasteiger partial charge on any atom is -0.503 e. The largest absolute Gasteiger partial charge is 0.503 e. The topological polar surface area (TPSA) is 85.2 Å². The van der Waals surface area contributed by atoms with Crippen molar-refractivity contribution in [2.75, 3.05) is 13.7 Å². The molecule has 0 fully saturated rings. The molecule has 1 aromatic carbocycles. The first-order valence-corrected chi connectivity index (χ1v) is 11.2. The number of rotatable bonds is 7. The summed E-state index contributed by atoms with van der Waals surface area (Å²) in [5.74, 6) is -1.30. The molecule has 0 saturated carbocycles. The standard InChI is InChI=1S/C23H28BrNO5/c1-4-5-6-10-30-23(28)19-13(2)25-16-8-7-9-17(26)21(16)20(19)14-11-15(24)22(27)18(12-14)29-3/h11-12,19-20,27H,4-10H2,1-3H3/t19?,20-/m1/s1. The molecule has 2 aliphatic rings. The molecule has 1 heterocycles. The monoisotopic (exact) mass is 477 g/mol. The average Bonchev–Trinajstić information content (AvgIpc) is 2.72. The van der Waals surface area contributed by atoms with E-state index < -0.39 is 11.8 Å². The van der Waals surface area contributed by atoms with Crippen LogP contribution in [0.25, 0.3) is 0 Å². The van der Waals surface area contributed by atoms with Crippen molar-refractivity contribution >= 4 is 33.4 Å². The number of halogens is 1. The molecule has 1 N–H and O–H groups in total. The van der Waals surface area contributed by atoms with Crippen LogP contribution in [0.2, 0.25) is 0 Å². The van der Waals surface area contributed by atoms with Crippen LogP contribution in [0, 0.1) is 5.92 Å². The summed E-state index contributed by atoms with van der Waals surface area (Å²) in [4.78, 5) is 30.7. The van der Waals surface area contributed by atoms with Gasteiger partial charge in [0, 0.05) is 29.3 Å². The number of carbonyl (C=O) groups excluding carboxylic acids is 2. The molecule has 162 valence electrons. The number of aromatic hydroxyl groups is 1. The Kier molecular flexibility index (Phi) is 7.34. The Bertz CT molecular complexity index is 905. The Labute approximate surface area is 185 Å². The van der Waals surface area contributed by atoms with Gasteiger partial charge in [0.2, 0.25) is 0 Å². The molecule has 2 atom stereocenters. The number of ketones is 1. The normalized spacial score (nSPS) is 21.2. The Balaban J connectivity index is 2.06. The minimum atomic E-state index is -0.687. The van der Waals surface area contributed by atoms with Gasteiger partial charge in [-0.15, -0.1) is 0 Å². The highest BCUT2D eigenvalue weighted by molar-refractivity contribution is 9.10. The Morgan fingerprint density at radius 3 is 2.77 bits per heavy atom. The van der Waals surface area contributed by atoms with Crippen molar-refractivity contribution in [3.05, 3.63) is 33.4 Å². The maximum atomic E-state index is 13.1. The third-order valence-corrected chi connectivity index (χ3v) is 6.31. The van der Waals surface area contributed by atoms with E-state index in [1.165, 1.54) is 7.11 Å². The molecular weight excluding hydrogens is 450 g/mol. The van der Waals surface area contributed by atoms with Crippen molar-refractivity contribution in [1.29, 1.82) is 0 Å². The molecule has 0 radical (unpaired) electrons. The molecule has 30 heavy (non-hydrogen) atoms. The summed E-state index contributed by atoms with van der Waals surface area (Å²) in [5, 5.41) is 10.2. The molecule has 0 aromatic heterocycles. The van der Waals surface area contributed by atoms with Gasteiger partial charge < -0.3 is 14.6 Å². The SMILES string of the molecule is CCCCCOC(=O)C1C(C)=NC2=C(C(=O)CCC2)[C@@H]1c1cc(Br)c(O)c(OC)c1. The van der Waals surface area contributed by atoms with Crippen molar-refractivity contribution in [3.63, 3.8) is 0 Å². The Morgan fingerprint density at radius 2 is 2.07 bits per heavy atom. The first-order chi connectivity index (χ1) is 14.4. The second-order valence-electron chi connectivity index (χ2n) is 7.77. The number of hydrogen-bond donors (Lipinski definition) is 1. The summed E-state index contributed by atoms with van der Waals surface area (Å²) in [7, 11) is 1.47. The van der Waals surface area contributed by atoms with E-state index in [9.17, 15) is 14.7 Å². The second kappa shape index (κ2) is 9.77. The van der Waals surface area contributed by atoms with Crippen molar-refractivity contribution in [2.24, 2.45) is 10.9 Å². The molecule has 0 amide bonds. The quantitative estimate of drug-likeness (QED) is 0.437. The fourth-order valence-corrected chi connectivity index (χ4v) is 4.68. The highest BCUT2D eigenvalue weighted by Crippen LogP contribution is 2.46. The number of allylic oxidation sites excluding steroid dienone is 2. The predicted molar refractivity (Wildman–Crippen MR) is 118 cm³/mol. The third-order valence-electron chi connectivity index (χ3n) is 5.71. The maximum absolute atomic E-state index is 13.1. The zero-order chi connectivity index (χ0) is 21.8. The van der Waals surface area contributed by atoms with Gasteiger partial charge in [0.05, 0.1) is 18.2 Å². The van der Waals surface area contributed by atoms with Crippen LogP contribution < -0.4 is 4.74 Å². The minimum absolute atomic E-state index is 0.0180. The molecule has 7 heteroatoms. The highest BCUT2D eigenvalue weighted by Gasteiger charge is 2.43. The zero-order valence-corrected chi connectivity index (χ0v) is 19.3. The van der Waals surface area contributed by atoms with Crippen LogP contribution in [0.5, 0.6) is 11.5 Å². The van der Waals surface area contributed by atoms with Gasteiger partial charge >= 0.3 is 5.97 Å². The molecule has 0 bridgehead atoms. The lowest BCUT2D eigenvalue weighted by atomic mass is 9.71. The summed E-state index contributed by atoms with van der Waals surface area (Å²) in [6.07, 6.45) is 4.75. The number of hydrogen-bond acceptors (Lipinski definition) is 6. The summed E-state index contributed by atoms with van der Waals surface area (Å²) in [6, 6.07) is 3.43. The van der Waals surface area contributed by atoms with Crippen LogP contribution in [0.1, 0.15) is 63.9 Å². The van der Waals surface area contributed by atoms with Gasteiger partial charge in [-0.3, -0.25) is 14.6 Å². The van der Waals surface area contributed by atoms with Crippen molar-refractivity contribution in [2.45, 2.75) is 58.3 Å². The lowest BCUT2D eigenvalue weighted by Crippen LogP contribution is -2.37. The molecule has 3 rings (SSSR count). The number of aliphatic imine (C=N–C) groups is 1. The van der Waals surface area contributed by atoms with Crippen LogP contribution in [0.15, 0.2) is 32.9 Å². The molecular formula is C23H28BrNO5. The number of Topliss-reactive ketones (excluding diaryl/α,β-unsaturated/α-hetero) is 1. The van der Waals surface area contributed by atoms with E-state index in [0.29, 0.717) is 40.8 Å². The van der Waals surface area contributed by atoms with E-state index in [4.69, 9.17) is 9.47 Å². The van der Waals surface area contributed by atoms with Gasteiger partial charge in [0.25, 0.3) is 0 Å². The van der Waals surface area contributed by atoms with Gasteiger partial charge in [-0.1, -0.05) is 19.8 Å². The molecule has 1 aliphatic heterocycles. The van der Waals surface area contributed by atoms with Crippen molar-refractivity contribution in [3.8, 4) is 11.5 Å². The molecule has 6 nitrogen and oxygen atoms in total. The van der Waals surface area contributed by atoms with Gasteiger partial charge in [0.15, 0.2) is 17.3 Å². The van der Waals surface area contributed by atoms with Crippen molar-refractivity contribution < 1.29 is 24.2 Å². The number of carbonyl (C=O) groups is 2. The van der Waals surface area contributed by atoms with Gasteiger partial charge in [-0.2, -0.15) is 0 Å². The van der Waals surface area contributed by atoms with Crippen LogP contribution in [0.3, 0.4) is 0 Å². The smallest absolute Gasteiger partial charge is 0.315 e. The lowest BCUT2D eigenvalue weighted by Gasteiger charge is -2.34. The van der Waals surface area contributed by atoms with E-state index >= 15 is 0 Å². The van der Waals surface area contributed by atoms with Gasteiger partial charge in [-0.05, 0) is 59.8 Å². The first-order valence-electron chi connectivity index (χ1n) is 10.4. The third kappa shape index (κ3) is 4.46. The number of unbranched alkanes of at least 4 members (excludes halogenated alkanes) is 2. The van der Waals surface area contributed by atoms with Crippen LogP contribution in [-0.2, 0) is 14.3 Å². The van der Waals surface area contributed by atoms with E-state index in [0.717, 1.165) is 31.4 Å². The van der Waals surface area contributed by atoms with Gasteiger partial charge in [-0.25, -0.2) is 0 Å². The number of phenols is 1. The summed E-state index contributed by atoms with van der Waals surface area (Å²) in [5.41, 5.74) is 2.70. The van der Waals surface area contributed by atoms with E-state index in [1.807, 2.05) is 6.92 Å².